The van der Waals surface area contributed by atoms with Crippen LogP contribution in [0.15, 0.2) is 21.9 Å². The highest BCUT2D eigenvalue weighted by Crippen LogP contribution is 2.43. The van der Waals surface area contributed by atoms with Gasteiger partial charge in [0, 0.05) is 12.1 Å². The smallest absolute Gasteiger partial charge is 0.351 e. The second-order valence-electron chi connectivity index (χ2n) is 5.33. The molecule has 0 unspecified atom stereocenters. The highest BCUT2D eigenvalue weighted by molar-refractivity contribution is 7.86. The topological polar surface area (TPSA) is 237 Å². The maximum Gasteiger partial charge on any atom is 0.351 e. The Morgan fingerprint density at radius 2 is 1.15 bits per heavy atom. The van der Waals surface area contributed by atoms with E-state index >= 15 is 0 Å². The van der Waals surface area contributed by atoms with Crippen LogP contribution in [0, 0.1) is 0 Å². The third kappa shape index (κ3) is 2.93. The Labute approximate surface area is 150 Å². The standard InChI is InChI=1S/C11H12N2O12S2/c1-11(10(18)19,12-6(14)2-4(8(12)16)26(20,21)22)13-7(15)3-5(9(13)17)27(23,24)25/h2-3,14-17H,1H3,(H,18,19)(H,20,21,22)(H,23,24,25). The fourth-order valence-electron chi connectivity index (χ4n) is 2.46. The fourth-order valence-corrected chi connectivity index (χ4v) is 3.61. The van der Waals surface area contributed by atoms with Gasteiger partial charge in [0.15, 0.2) is 21.6 Å². The summed E-state index contributed by atoms with van der Waals surface area (Å²) in [5.41, 5.74) is -2.98. The maximum absolute atomic E-state index is 11.8. The van der Waals surface area contributed by atoms with Gasteiger partial charge in [-0.1, -0.05) is 0 Å². The summed E-state index contributed by atoms with van der Waals surface area (Å²) < 4.78 is 62.9. The molecule has 7 N–H and O–H groups in total. The SMILES string of the molecule is CC(C(=O)O)(n1c(O)cc(S(=O)(=O)O)c1O)n1c(O)cc(S(=O)(=O)O)c1O. The summed E-state index contributed by atoms with van der Waals surface area (Å²) in [6, 6.07) is 0.542. The Kier molecular flexibility index (Phi) is 4.36. The lowest BCUT2D eigenvalue weighted by atomic mass is 10.2. The molecule has 2 rings (SSSR count). The minimum Gasteiger partial charge on any atom is -0.494 e. The number of nitrogens with zero attached hydrogens (tertiary/aromatic N) is 2. The van der Waals surface area contributed by atoms with Crippen molar-refractivity contribution in [3.05, 3.63) is 12.1 Å². The van der Waals surface area contributed by atoms with E-state index in [1.807, 2.05) is 0 Å². The van der Waals surface area contributed by atoms with E-state index in [0.717, 1.165) is 0 Å². The number of carboxylic acids is 1. The first-order chi connectivity index (χ1) is 12.0. The molecular formula is C11H12N2O12S2. The Morgan fingerprint density at radius 1 is 0.852 bits per heavy atom. The monoisotopic (exact) mass is 428 g/mol. The Morgan fingerprint density at radius 3 is 1.33 bits per heavy atom. The van der Waals surface area contributed by atoms with Gasteiger partial charge in [0.25, 0.3) is 20.2 Å². The van der Waals surface area contributed by atoms with E-state index in [1.54, 1.807) is 0 Å². The highest BCUT2D eigenvalue weighted by atomic mass is 32.2. The number of rotatable bonds is 5. The zero-order chi connectivity index (χ0) is 21.1. The molecule has 27 heavy (non-hydrogen) atoms. The van der Waals surface area contributed by atoms with Crippen LogP contribution >= 0.6 is 0 Å². The molecule has 0 fully saturated rings. The molecular weight excluding hydrogens is 416 g/mol. The number of hydrogen-bond donors (Lipinski definition) is 7. The van der Waals surface area contributed by atoms with Crippen molar-refractivity contribution in [3.63, 3.8) is 0 Å². The van der Waals surface area contributed by atoms with Gasteiger partial charge < -0.3 is 25.5 Å². The van der Waals surface area contributed by atoms with Gasteiger partial charge in [0.05, 0.1) is 0 Å². The molecule has 0 aliphatic heterocycles. The van der Waals surface area contributed by atoms with Crippen molar-refractivity contribution in [1.82, 2.24) is 9.13 Å². The summed E-state index contributed by atoms with van der Waals surface area (Å²) in [5, 5.41) is 49.3. The van der Waals surface area contributed by atoms with Crippen LogP contribution in [0.4, 0.5) is 0 Å². The average molecular weight is 428 g/mol. The lowest BCUT2D eigenvalue weighted by Crippen LogP contribution is -2.45. The molecule has 150 valence electrons. The fraction of sp³-hybridized carbons (Fsp3) is 0.182. The first-order valence-corrected chi connectivity index (χ1v) is 9.39. The summed E-state index contributed by atoms with van der Waals surface area (Å²) in [6.07, 6.45) is 0. The summed E-state index contributed by atoms with van der Waals surface area (Å²) in [7, 11) is -10.3. The molecule has 0 aromatic carbocycles. The number of hydrogen-bond acceptors (Lipinski definition) is 9. The number of carboxylic acid groups (broad SMARTS) is 1. The second-order valence-corrected chi connectivity index (χ2v) is 8.11. The van der Waals surface area contributed by atoms with E-state index in [9.17, 15) is 47.2 Å². The van der Waals surface area contributed by atoms with Crippen LogP contribution in [-0.2, 0) is 30.7 Å². The van der Waals surface area contributed by atoms with Crippen molar-refractivity contribution in [2.45, 2.75) is 22.4 Å². The van der Waals surface area contributed by atoms with Crippen LogP contribution in [0.2, 0.25) is 0 Å². The van der Waals surface area contributed by atoms with Gasteiger partial charge in [-0.15, -0.1) is 0 Å². The van der Waals surface area contributed by atoms with Crippen LogP contribution in [-0.4, -0.2) is 66.6 Å². The van der Waals surface area contributed by atoms with Gasteiger partial charge >= 0.3 is 5.97 Å². The quantitative estimate of drug-likeness (QED) is 0.281. The zero-order valence-corrected chi connectivity index (χ0v) is 14.7. The first kappa shape index (κ1) is 20.4. The van der Waals surface area contributed by atoms with Gasteiger partial charge in [0.2, 0.25) is 17.4 Å². The normalized spacial score (nSPS) is 13.0. The number of aromatic nitrogens is 2. The van der Waals surface area contributed by atoms with Crippen molar-refractivity contribution in [2.75, 3.05) is 0 Å². The number of aromatic hydroxyl groups is 4. The van der Waals surface area contributed by atoms with E-state index in [0.29, 0.717) is 6.92 Å². The van der Waals surface area contributed by atoms with Gasteiger partial charge in [-0.2, -0.15) is 16.8 Å². The second kappa shape index (κ2) is 5.78. The van der Waals surface area contributed by atoms with Crippen molar-refractivity contribution < 1.29 is 56.3 Å². The molecule has 0 saturated carbocycles. The molecule has 0 aliphatic rings. The molecule has 0 aliphatic carbocycles. The van der Waals surface area contributed by atoms with Crippen LogP contribution in [0.1, 0.15) is 6.92 Å². The lowest BCUT2D eigenvalue weighted by Gasteiger charge is -2.30. The summed E-state index contributed by atoms with van der Waals surface area (Å²) in [4.78, 5) is 9.22. The predicted molar refractivity (Wildman–Crippen MR) is 81.8 cm³/mol. The third-order valence-corrected chi connectivity index (χ3v) is 5.39. The molecule has 0 bridgehead atoms. The average Bonchev–Trinajstić information content (AvgIpc) is 2.94. The van der Waals surface area contributed by atoms with E-state index < -0.39 is 65.2 Å². The highest BCUT2D eigenvalue weighted by Gasteiger charge is 2.47. The zero-order valence-electron chi connectivity index (χ0n) is 13.0. The van der Waals surface area contributed by atoms with Crippen LogP contribution in [0.5, 0.6) is 23.5 Å². The molecule has 2 aromatic rings. The predicted octanol–water partition coefficient (Wildman–Crippen LogP) is -1.09. The Bertz CT molecular complexity index is 1070. The van der Waals surface area contributed by atoms with Crippen LogP contribution in [0.3, 0.4) is 0 Å². The molecule has 2 heterocycles. The van der Waals surface area contributed by atoms with Crippen molar-refractivity contribution >= 4 is 26.2 Å². The van der Waals surface area contributed by atoms with Crippen molar-refractivity contribution in [3.8, 4) is 23.5 Å². The molecule has 0 spiro atoms. The largest absolute Gasteiger partial charge is 0.494 e. The summed E-state index contributed by atoms with van der Waals surface area (Å²) >= 11 is 0. The minimum absolute atomic E-state index is 0.0361. The van der Waals surface area contributed by atoms with Crippen LogP contribution < -0.4 is 0 Å². The molecule has 0 atom stereocenters. The number of aliphatic carboxylic acids is 1. The van der Waals surface area contributed by atoms with E-state index in [4.69, 9.17) is 9.11 Å². The summed E-state index contributed by atoms with van der Waals surface area (Å²) in [6.45, 7) is 0.621. The summed E-state index contributed by atoms with van der Waals surface area (Å²) in [5.74, 6) is -7.59. The lowest BCUT2D eigenvalue weighted by molar-refractivity contribution is -0.149. The van der Waals surface area contributed by atoms with Gasteiger partial charge in [0.1, 0.15) is 0 Å². The molecule has 0 saturated heterocycles. The van der Waals surface area contributed by atoms with E-state index in [2.05, 4.69) is 0 Å². The number of carbonyl (C=O) groups is 1. The van der Waals surface area contributed by atoms with Crippen molar-refractivity contribution in [2.24, 2.45) is 0 Å². The van der Waals surface area contributed by atoms with Gasteiger partial charge in [-0.3, -0.25) is 9.11 Å². The van der Waals surface area contributed by atoms with Gasteiger partial charge in [-0.25, -0.2) is 13.9 Å². The van der Waals surface area contributed by atoms with E-state index in [-0.39, 0.29) is 21.3 Å². The van der Waals surface area contributed by atoms with Crippen LogP contribution in [0.25, 0.3) is 0 Å². The van der Waals surface area contributed by atoms with E-state index in [1.165, 1.54) is 0 Å². The third-order valence-electron chi connectivity index (χ3n) is 3.67. The molecule has 14 nitrogen and oxygen atoms in total. The minimum atomic E-state index is -5.14. The molecule has 0 radical (unpaired) electrons. The molecule has 2 aromatic heterocycles. The van der Waals surface area contributed by atoms with Gasteiger partial charge in [-0.05, 0) is 6.92 Å². The molecule has 16 heteroatoms. The van der Waals surface area contributed by atoms with Crippen molar-refractivity contribution in [1.29, 1.82) is 0 Å². The Hall–Kier alpha value is -2.95. The Balaban J connectivity index is 2.98. The molecule has 0 amide bonds. The maximum atomic E-state index is 11.8. The first-order valence-electron chi connectivity index (χ1n) is 6.51.